The zero-order valence-electron chi connectivity index (χ0n) is 17.3. The zero-order valence-corrected chi connectivity index (χ0v) is 17.3. The minimum atomic E-state index is -0.768. The third-order valence-corrected chi connectivity index (χ3v) is 4.87. The topological polar surface area (TPSA) is 93.1 Å². The van der Waals surface area contributed by atoms with Gasteiger partial charge in [-0.2, -0.15) is 5.10 Å². The van der Waals surface area contributed by atoms with E-state index in [9.17, 15) is 14.4 Å². The van der Waals surface area contributed by atoms with E-state index in [0.29, 0.717) is 22.5 Å². The molecule has 1 heterocycles. The normalized spacial score (nSPS) is 10.4. The molecule has 0 radical (unpaired) electrons. The lowest BCUT2D eigenvalue weighted by atomic mass is 9.97. The minimum absolute atomic E-state index is 0.118. The molecule has 4 rings (SSSR count). The van der Waals surface area contributed by atoms with E-state index in [4.69, 9.17) is 0 Å². The van der Waals surface area contributed by atoms with Gasteiger partial charge in [-0.3, -0.25) is 14.9 Å². The number of imide groups is 1. The van der Waals surface area contributed by atoms with Gasteiger partial charge in [0.15, 0.2) is 11.5 Å². The molecule has 0 unspecified atom stereocenters. The van der Waals surface area contributed by atoms with Gasteiger partial charge >= 0.3 is 6.03 Å². The predicted molar refractivity (Wildman–Crippen MR) is 121 cm³/mol. The summed E-state index contributed by atoms with van der Waals surface area (Å²) >= 11 is 0. The second-order valence-corrected chi connectivity index (χ2v) is 6.91. The van der Waals surface area contributed by atoms with Crippen LogP contribution < -0.4 is 10.6 Å². The molecule has 0 aliphatic rings. The summed E-state index contributed by atoms with van der Waals surface area (Å²) in [5, 5.41) is 9.05. The van der Waals surface area contributed by atoms with Crippen LogP contribution in [0.5, 0.6) is 0 Å². The smallest absolute Gasteiger partial charge is 0.321 e. The highest BCUT2D eigenvalue weighted by molar-refractivity contribution is 6.19. The molecule has 0 atom stereocenters. The fraction of sp³-hybridized carbons (Fsp3) is 0.0400. The molecular formula is C25H20N4O3. The standard InChI is InChI=1S/C25H20N4O3/c1-26-25(32)27-24(31)21-20(23(30)18-13-7-3-8-14-18)22(17-11-5-2-6-12-17)29(28-21)19-15-9-4-10-16-19/h2-16H,1H3,(H2,26,27,31,32). The number of carbonyl (C=O) groups is 3. The van der Waals surface area contributed by atoms with Gasteiger partial charge in [-0.15, -0.1) is 0 Å². The summed E-state index contributed by atoms with van der Waals surface area (Å²) in [5.74, 6) is -1.14. The lowest BCUT2D eigenvalue weighted by Crippen LogP contribution is -2.38. The van der Waals surface area contributed by atoms with E-state index in [2.05, 4.69) is 15.7 Å². The zero-order chi connectivity index (χ0) is 22.5. The van der Waals surface area contributed by atoms with Crippen molar-refractivity contribution >= 4 is 17.7 Å². The van der Waals surface area contributed by atoms with Crippen LogP contribution in [0.4, 0.5) is 4.79 Å². The lowest BCUT2D eigenvalue weighted by molar-refractivity contribution is 0.0947. The molecule has 0 aliphatic heterocycles. The summed E-state index contributed by atoms with van der Waals surface area (Å²) in [6.45, 7) is 0. The third-order valence-electron chi connectivity index (χ3n) is 4.87. The number of carbonyl (C=O) groups excluding carboxylic acids is 3. The molecule has 2 N–H and O–H groups in total. The van der Waals surface area contributed by atoms with Gasteiger partial charge in [0.1, 0.15) is 0 Å². The Morgan fingerprint density at radius 3 is 1.94 bits per heavy atom. The van der Waals surface area contributed by atoms with Crippen molar-refractivity contribution in [3.8, 4) is 16.9 Å². The number of amides is 3. The Balaban J connectivity index is 2.01. The van der Waals surface area contributed by atoms with Crippen molar-refractivity contribution in [2.24, 2.45) is 0 Å². The Morgan fingerprint density at radius 2 is 1.34 bits per heavy atom. The number of ketones is 1. The number of benzene rings is 3. The van der Waals surface area contributed by atoms with E-state index in [1.165, 1.54) is 7.05 Å². The number of urea groups is 1. The second-order valence-electron chi connectivity index (χ2n) is 6.91. The molecule has 7 nitrogen and oxygen atoms in total. The van der Waals surface area contributed by atoms with Gasteiger partial charge in [0.2, 0.25) is 0 Å². The van der Waals surface area contributed by atoms with Crippen molar-refractivity contribution in [1.82, 2.24) is 20.4 Å². The SMILES string of the molecule is CNC(=O)NC(=O)c1nn(-c2ccccc2)c(-c2ccccc2)c1C(=O)c1ccccc1. The lowest BCUT2D eigenvalue weighted by Gasteiger charge is -2.10. The molecule has 0 spiro atoms. The van der Waals surface area contributed by atoms with Crippen LogP contribution in [0.15, 0.2) is 91.0 Å². The second kappa shape index (κ2) is 9.09. The van der Waals surface area contributed by atoms with Crippen molar-refractivity contribution in [3.05, 3.63) is 108 Å². The van der Waals surface area contributed by atoms with Crippen LogP contribution in [-0.4, -0.2) is 34.5 Å². The monoisotopic (exact) mass is 424 g/mol. The maximum absolute atomic E-state index is 13.6. The highest BCUT2D eigenvalue weighted by Gasteiger charge is 2.30. The molecule has 32 heavy (non-hydrogen) atoms. The number of para-hydroxylation sites is 1. The van der Waals surface area contributed by atoms with Gasteiger partial charge in [0, 0.05) is 18.2 Å². The molecule has 0 bridgehead atoms. The van der Waals surface area contributed by atoms with Gasteiger partial charge in [-0.05, 0) is 12.1 Å². The van der Waals surface area contributed by atoms with Crippen LogP contribution in [-0.2, 0) is 0 Å². The van der Waals surface area contributed by atoms with Gasteiger partial charge in [-0.1, -0.05) is 78.9 Å². The first kappa shape index (κ1) is 20.7. The Kier molecular flexibility index (Phi) is 5.89. The van der Waals surface area contributed by atoms with E-state index in [-0.39, 0.29) is 17.0 Å². The fourth-order valence-electron chi connectivity index (χ4n) is 3.37. The summed E-state index contributed by atoms with van der Waals surface area (Å²) in [7, 11) is 1.40. The molecule has 1 aromatic heterocycles. The van der Waals surface area contributed by atoms with Crippen molar-refractivity contribution in [1.29, 1.82) is 0 Å². The summed E-state index contributed by atoms with van der Waals surface area (Å²) in [6, 6.07) is 26.4. The average molecular weight is 424 g/mol. The van der Waals surface area contributed by atoms with Crippen molar-refractivity contribution in [2.45, 2.75) is 0 Å². The highest BCUT2D eigenvalue weighted by atomic mass is 16.2. The first-order valence-electron chi connectivity index (χ1n) is 9.97. The molecule has 158 valence electrons. The van der Waals surface area contributed by atoms with Crippen LogP contribution in [0.3, 0.4) is 0 Å². The molecule has 7 heteroatoms. The van der Waals surface area contributed by atoms with Gasteiger partial charge in [0.05, 0.1) is 16.9 Å². The summed E-state index contributed by atoms with van der Waals surface area (Å²) in [6.07, 6.45) is 0. The number of rotatable bonds is 5. The van der Waals surface area contributed by atoms with Crippen molar-refractivity contribution in [2.75, 3.05) is 7.05 Å². The Bertz CT molecular complexity index is 1270. The van der Waals surface area contributed by atoms with E-state index in [1.54, 1.807) is 28.9 Å². The molecule has 0 saturated carbocycles. The molecule has 0 saturated heterocycles. The molecule has 3 aromatic carbocycles. The largest absolute Gasteiger partial charge is 0.341 e. The van der Waals surface area contributed by atoms with Gasteiger partial charge < -0.3 is 5.32 Å². The first-order chi connectivity index (χ1) is 15.6. The fourth-order valence-corrected chi connectivity index (χ4v) is 3.37. The Hall–Kier alpha value is -4.52. The predicted octanol–water partition coefficient (Wildman–Crippen LogP) is 3.84. The number of aromatic nitrogens is 2. The van der Waals surface area contributed by atoms with Crippen LogP contribution in [0.25, 0.3) is 16.9 Å². The summed E-state index contributed by atoms with van der Waals surface area (Å²) < 4.78 is 1.56. The first-order valence-corrected chi connectivity index (χ1v) is 9.97. The summed E-state index contributed by atoms with van der Waals surface area (Å²) in [5.41, 5.74) is 2.24. The van der Waals surface area contributed by atoms with Gasteiger partial charge in [0.25, 0.3) is 5.91 Å². The quantitative estimate of drug-likeness (QED) is 0.476. The molecule has 4 aromatic rings. The number of hydrogen-bond acceptors (Lipinski definition) is 4. The Labute approximate surface area is 184 Å². The third kappa shape index (κ3) is 4.04. The maximum atomic E-state index is 13.6. The van der Waals surface area contributed by atoms with Crippen LogP contribution in [0.1, 0.15) is 26.4 Å². The van der Waals surface area contributed by atoms with E-state index >= 15 is 0 Å². The highest BCUT2D eigenvalue weighted by Crippen LogP contribution is 2.31. The molecule has 3 amide bonds. The maximum Gasteiger partial charge on any atom is 0.321 e. The van der Waals surface area contributed by atoms with Gasteiger partial charge in [-0.25, -0.2) is 9.48 Å². The summed E-state index contributed by atoms with van der Waals surface area (Å²) in [4.78, 5) is 38.4. The molecular weight excluding hydrogens is 404 g/mol. The van der Waals surface area contributed by atoms with Crippen LogP contribution >= 0.6 is 0 Å². The molecule has 0 aliphatic carbocycles. The van der Waals surface area contributed by atoms with Crippen molar-refractivity contribution in [3.63, 3.8) is 0 Å². The average Bonchev–Trinajstić information content (AvgIpc) is 3.26. The minimum Gasteiger partial charge on any atom is -0.341 e. The van der Waals surface area contributed by atoms with E-state index < -0.39 is 11.9 Å². The van der Waals surface area contributed by atoms with E-state index in [1.807, 2.05) is 66.7 Å². The molecule has 0 fully saturated rings. The number of hydrogen-bond donors (Lipinski definition) is 2. The number of nitrogens with one attached hydrogen (secondary N) is 2. The van der Waals surface area contributed by atoms with Crippen molar-refractivity contribution < 1.29 is 14.4 Å². The van der Waals surface area contributed by atoms with E-state index in [0.717, 1.165) is 0 Å². The van der Waals surface area contributed by atoms with Crippen LogP contribution in [0, 0.1) is 0 Å². The Morgan fingerprint density at radius 1 is 0.781 bits per heavy atom. The van der Waals surface area contributed by atoms with Crippen LogP contribution in [0.2, 0.25) is 0 Å². The number of nitrogens with zero attached hydrogens (tertiary/aromatic N) is 2.